The highest BCUT2D eigenvalue weighted by Crippen LogP contribution is 2.29. The summed E-state index contributed by atoms with van der Waals surface area (Å²) in [6.07, 6.45) is 2.71. The van der Waals surface area contributed by atoms with E-state index in [1.165, 1.54) is 16.2 Å². The highest BCUT2D eigenvalue weighted by atomic mass is 35.5. The van der Waals surface area contributed by atoms with Crippen LogP contribution in [0.25, 0.3) is 0 Å². The van der Waals surface area contributed by atoms with Gasteiger partial charge in [-0.05, 0) is 38.3 Å². The molecule has 120 valence electrons. The van der Waals surface area contributed by atoms with Crippen LogP contribution in [-0.2, 0) is 12.8 Å². The van der Waals surface area contributed by atoms with E-state index in [9.17, 15) is 4.79 Å². The van der Waals surface area contributed by atoms with Crippen molar-refractivity contribution in [2.45, 2.75) is 32.2 Å². The van der Waals surface area contributed by atoms with Crippen LogP contribution in [0.5, 0.6) is 0 Å². The molecule has 5 nitrogen and oxygen atoms in total. The Morgan fingerprint density at radius 2 is 2.14 bits per heavy atom. The molecule has 1 aliphatic rings. The number of aromatic nitrogens is 2. The Morgan fingerprint density at radius 3 is 2.86 bits per heavy atom. The molecular weight excluding hydrogens is 343 g/mol. The third kappa shape index (κ3) is 4.16. The Bertz CT molecular complexity index is 662. The Hall–Kier alpha value is -1.21. The van der Waals surface area contributed by atoms with E-state index in [0.717, 1.165) is 30.7 Å². The van der Waals surface area contributed by atoms with Gasteiger partial charge in [-0.1, -0.05) is 6.07 Å². The van der Waals surface area contributed by atoms with Crippen LogP contribution in [0.4, 0.5) is 5.13 Å². The number of nitrogens with one attached hydrogen (secondary N) is 1. The van der Waals surface area contributed by atoms with Gasteiger partial charge in [0.05, 0.1) is 5.69 Å². The van der Waals surface area contributed by atoms with E-state index >= 15 is 0 Å². The highest BCUT2D eigenvalue weighted by Gasteiger charge is 2.21. The van der Waals surface area contributed by atoms with Gasteiger partial charge < -0.3 is 5.73 Å². The number of amides is 1. The first-order valence-corrected chi connectivity index (χ1v) is 7.42. The molecule has 0 aliphatic heterocycles. The molecule has 0 bridgehead atoms. The summed E-state index contributed by atoms with van der Waals surface area (Å²) in [6, 6.07) is 5.60. The van der Waals surface area contributed by atoms with Crippen molar-refractivity contribution in [2.24, 2.45) is 5.73 Å². The average molecular weight is 361 g/mol. The van der Waals surface area contributed by atoms with Gasteiger partial charge in [0.2, 0.25) is 0 Å². The lowest BCUT2D eigenvalue weighted by Gasteiger charge is -2.15. The molecule has 8 heteroatoms. The maximum Gasteiger partial charge on any atom is 0.276 e. The number of carbonyl (C=O) groups excluding carboxylic acids is 1. The smallest absolute Gasteiger partial charge is 0.276 e. The molecule has 0 unspecified atom stereocenters. The van der Waals surface area contributed by atoms with E-state index < -0.39 is 0 Å². The molecule has 1 amide bonds. The number of carbonyl (C=O) groups is 1. The maximum atomic E-state index is 12.1. The van der Waals surface area contributed by atoms with Gasteiger partial charge in [-0.2, -0.15) is 0 Å². The summed E-state index contributed by atoms with van der Waals surface area (Å²) < 4.78 is 0. The van der Waals surface area contributed by atoms with Crippen LogP contribution in [0.1, 0.15) is 33.2 Å². The Balaban J connectivity index is 0.00000121. The van der Waals surface area contributed by atoms with E-state index in [2.05, 4.69) is 15.3 Å². The monoisotopic (exact) mass is 360 g/mol. The number of hydrogen-bond acceptors (Lipinski definition) is 5. The van der Waals surface area contributed by atoms with Gasteiger partial charge in [-0.3, -0.25) is 10.1 Å². The molecule has 2 aromatic heterocycles. The molecule has 0 fully saturated rings. The highest BCUT2D eigenvalue weighted by molar-refractivity contribution is 7.15. The Morgan fingerprint density at radius 1 is 1.36 bits per heavy atom. The molecule has 0 radical (unpaired) electrons. The first kappa shape index (κ1) is 18.8. The fourth-order valence-corrected chi connectivity index (χ4v) is 3.38. The molecule has 3 rings (SSSR count). The summed E-state index contributed by atoms with van der Waals surface area (Å²) in [5, 5.41) is 3.46. The van der Waals surface area contributed by atoms with Crippen molar-refractivity contribution in [1.82, 2.24) is 9.97 Å². The topological polar surface area (TPSA) is 80.9 Å². The van der Waals surface area contributed by atoms with Crippen LogP contribution in [0.15, 0.2) is 18.2 Å². The molecule has 2 aromatic rings. The lowest BCUT2D eigenvalue weighted by atomic mass is 9.99. The molecule has 0 saturated heterocycles. The fourth-order valence-electron chi connectivity index (χ4n) is 2.28. The van der Waals surface area contributed by atoms with Crippen molar-refractivity contribution in [3.8, 4) is 0 Å². The zero-order chi connectivity index (χ0) is 14.1. The quantitative estimate of drug-likeness (QED) is 0.862. The van der Waals surface area contributed by atoms with Crippen molar-refractivity contribution < 1.29 is 4.79 Å². The molecule has 0 spiro atoms. The molecule has 1 atom stereocenters. The zero-order valence-electron chi connectivity index (χ0n) is 12.0. The number of aryl methyl sites for hydroxylation is 2. The second kappa shape index (κ2) is 7.87. The minimum absolute atomic E-state index is 0. The van der Waals surface area contributed by atoms with Gasteiger partial charge in [-0.15, -0.1) is 36.2 Å². The van der Waals surface area contributed by atoms with Crippen LogP contribution in [0.3, 0.4) is 0 Å². The normalized spacial score (nSPS) is 16.0. The molecule has 1 aliphatic carbocycles. The largest absolute Gasteiger partial charge is 0.327 e. The van der Waals surface area contributed by atoms with E-state index in [4.69, 9.17) is 5.73 Å². The molecule has 2 heterocycles. The van der Waals surface area contributed by atoms with Crippen molar-refractivity contribution in [3.63, 3.8) is 0 Å². The van der Waals surface area contributed by atoms with Crippen LogP contribution in [0.2, 0.25) is 0 Å². The average Bonchev–Trinajstić information content (AvgIpc) is 2.80. The van der Waals surface area contributed by atoms with Crippen LogP contribution in [-0.4, -0.2) is 21.9 Å². The van der Waals surface area contributed by atoms with Gasteiger partial charge in [-0.25, -0.2) is 9.97 Å². The van der Waals surface area contributed by atoms with Gasteiger partial charge in [0.25, 0.3) is 5.91 Å². The first-order chi connectivity index (χ1) is 9.61. The van der Waals surface area contributed by atoms with Gasteiger partial charge in [0.1, 0.15) is 5.69 Å². The number of nitrogens with zero attached hydrogens (tertiary/aromatic N) is 2. The Labute approximate surface area is 145 Å². The summed E-state index contributed by atoms with van der Waals surface area (Å²) in [6.45, 7) is 1.86. The summed E-state index contributed by atoms with van der Waals surface area (Å²) in [4.78, 5) is 22.0. The number of anilines is 1. The van der Waals surface area contributed by atoms with Gasteiger partial charge in [0.15, 0.2) is 5.13 Å². The predicted octanol–water partition coefficient (Wildman–Crippen LogP) is 2.76. The third-order valence-electron chi connectivity index (χ3n) is 3.32. The first-order valence-electron chi connectivity index (χ1n) is 6.61. The third-order valence-corrected chi connectivity index (χ3v) is 4.35. The van der Waals surface area contributed by atoms with Crippen molar-refractivity contribution >= 4 is 47.2 Å². The lowest BCUT2D eigenvalue weighted by Crippen LogP contribution is -2.27. The molecule has 0 saturated carbocycles. The summed E-state index contributed by atoms with van der Waals surface area (Å²) in [5.74, 6) is -0.218. The standard InChI is InChI=1S/C14H16N4OS.2ClH/c1-8-3-2-4-11(16-8)13(19)18-14-17-10-6-5-9(15)7-12(10)20-14;;/h2-4,9H,5-7,15H2,1H3,(H,17,18,19);2*1H/t9-;;/m0../s1. The number of rotatable bonds is 2. The fraction of sp³-hybridized carbons (Fsp3) is 0.357. The zero-order valence-corrected chi connectivity index (χ0v) is 14.5. The summed E-state index contributed by atoms with van der Waals surface area (Å²) in [5.41, 5.74) is 8.26. The van der Waals surface area contributed by atoms with Gasteiger partial charge in [0, 0.05) is 16.6 Å². The van der Waals surface area contributed by atoms with Crippen LogP contribution in [0, 0.1) is 6.92 Å². The lowest BCUT2D eigenvalue weighted by molar-refractivity contribution is 0.102. The SMILES string of the molecule is Cc1cccc(C(=O)Nc2nc3c(s2)C[C@@H](N)CC3)n1.Cl.Cl. The van der Waals surface area contributed by atoms with Crippen molar-refractivity contribution in [1.29, 1.82) is 0 Å². The van der Waals surface area contributed by atoms with Crippen LogP contribution >= 0.6 is 36.2 Å². The van der Waals surface area contributed by atoms with Gasteiger partial charge >= 0.3 is 0 Å². The number of hydrogen-bond donors (Lipinski definition) is 2. The van der Waals surface area contributed by atoms with E-state index in [1.54, 1.807) is 6.07 Å². The number of pyridine rings is 1. The van der Waals surface area contributed by atoms with Crippen molar-refractivity contribution in [2.75, 3.05) is 5.32 Å². The molecule has 0 aromatic carbocycles. The molecule has 3 N–H and O–H groups in total. The summed E-state index contributed by atoms with van der Waals surface area (Å²) in [7, 11) is 0. The van der Waals surface area contributed by atoms with Crippen molar-refractivity contribution in [3.05, 3.63) is 40.2 Å². The number of nitrogens with two attached hydrogens (primary N) is 1. The maximum absolute atomic E-state index is 12.1. The van der Waals surface area contributed by atoms with Crippen LogP contribution < -0.4 is 11.1 Å². The minimum atomic E-state index is -0.218. The number of thiazole rings is 1. The second-order valence-corrected chi connectivity index (χ2v) is 6.09. The predicted molar refractivity (Wildman–Crippen MR) is 93.5 cm³/mol. The second-order valence-electron chi connectivity index (χ2n) is 5.01. The molecular formula is C14H18Cl2N4OS. The van der Waals surface area contributed by atoms with E-state index in [1.807, 2.05) is 19.1 Å². The van der Waals surface area contributed by atoms with E-state index in [-0.39, 0.29) is 36.8 Å². The number of fused-ring (bicyclic) bond motifs is 1. The van der Waals surface area contributed by atoms with E-state index in [0.29, 0.717) is 10.8 Å². The Kier molecular flexibility index (Phi) is 6.74. The number of halogens is 2. The minimum Gasteiger partial charge on any atom is -0.327 e. The summed E-state index contributed by atoms with van der Waals surface area (Å²) >= 11 is 1.52. The molecule has 22 heavy (non-hydrogen) atoms.